The number of rotatable bonds is 7. The summed E-state index contributed by atoms with van der Waals surface area (Å²) in [5.74, 6) is 3.41. The van der Waals surface area contributed by atoms with Gasteiger partial charge in [-0.05, 0) is 84.4 Å². The van der Waals surface area contributed by atoms with Crippen LogP contribution in [0.25, 0.3) is 0 Å². The standard InChI is InChI=1S/C30H30ClFN2OS/c31-24-7-4-8-25(32)23(24)17-36-14-13-33-30(35)21-11-12-26-22(16-21)27-19-9-10-20(15-19)28(27)29(34-26)18-5-2-1-3-6-18/h1-8,11-12,16,19-20,27-29,34H,9-10,13-15,17H2,(H,33,35)/t19-,20-,27-,28-,29-/m0/s1. The van der Waals surface area contributed by atoms with Crippen LogP contribution in [0.4, 0.5) is 10.1 Å². The predicted octanol–water partition coefficient (Wildman–Crippen LogP) is 7.44. The third-order valence-electron chi connectivity index (χ3n) is 8.35. The average Bonchev–Trinajstić information content (AvgIpc) is 3.53. The fraction of sp³-hybridized carbons (Fsp3) is 0.367. The van der Waals surface area contributed by atoms with Gasteiger partial charge in [0.25, 0.3) is 5.91 Å². The monoisotopic (exact) mass is 520 g/mol. The number of halogens is 2. The Kier molecular flexibility index (Phi) is 6.70. The number of benzene rings is 3. The number of hydrogen-bond donors (Lipinski definition) is 2. The third-order valence-corrected chi connectivity index (χ3v) is 9.69. The van der Waals surface area contributed by atoms with E-state index in [-0.39, 0.29) is 11.7 Å². The first-order chi connectivity index (χ1) is 17.6. The van der Waals surface area contributed by atoms with Gasteiger partial charge in [0.1, 0.15) is 5.82 Å². The van der Waals surface area contributed by atoms with Crippen molar-refractivity contribution in [3.8, 4) is 0 Å². The number of fused-ring (bicyclic) bond motifs is 7. The Balaban J connectivity index is 1.13. The molecule has 3 aromatic rings. The van der Waals surface area contributed by atoms with E-state index in [9.17, 15) is 9.18 Å². The third kappa shape index (κ3) is 4.41. The molecule has 2 fully saturated rings. The molecule has 2 N–H and O–H groups in total. The molecule has 1 amide bonds. The second-order valence-corrected chi connectivity index (χ2v) is 11.8. The minimum absolute atomic E-state index is 0.0489. The molecule has 6 heteroatoms. The highest BCUT2D eigenvalue weighted by molar-refractivity contribution is 7.98. The summed E-state index contributed by atoms with van der Waals surface area (Å²) in [7, 11) is 0. The maximum atomic E-state index is 13.9. The first-order valence-electron chi connectivity index (χ1n) is 12.8. The highest BCUT2D eigenvalue weighted by Gasteiger charge is 2.53. The zero-order valence-corrected chi connectivity index (χ0v) is 21.6. The number of carbonyl (C=O) groups excluding carboxylic acids is 1. The van der Waals surface area contributed by atoms with Crippen LogP contribution in [0.2, 0.25) is 5.02 Å². The summed E-state index contributed by atoms with van der Waals surface area (Å²) in [6, 6.07) is 22.1. The van der Waals surface area contributed by atoms with Gasteiger partial charge in [0.15, 0.2) is 0 Å². The number of hydrogen-bond acceptors (Lipinski definition) is 3. The number of thioether (sulfide) groups is 1. The molecule has 36 heavy (non-hydrogen) atoms. The molecule has 2 saturated carbocycles. The molecule has 2 aliphatic carbocycles. The first kappa shape index (κ1) is 23.9. The van der Waals surface area contributed by atoms with E-state index in [1.165, 1.54) is 42.1 Å². The van der Waals surface area contributed by atoms with Crippen LogP contribution >= 0.6 is 23.4 Å². The molecule has 6 rings (SSSR count). The Morgan fingerprint density at radius 3 is 2.72 bits per heavy atom. The Hall–Kier alpha value is -2.50. The highest BCUT2D eigenvalue weighted by Crippen LogP contribution is 2.63. The second kappa shape index (κ2) is 10.1. The summed E-state index contributed by atoms with van der Waals surface area (Å²) in [6.45, 7) is 0.526. The van der Waals surface area contributed by atoms with E-state index in [0.29, 0.717) is 52.4 Å². The lowest BCUT2D eigenvalue weighted by molar-refractivity contribution is 0.0956. The van der Waals surface area contributed by atoms with Gasteiger partial charge in [0.2, 0.25) is 0 Å². The minimum atomic E-state index is -0.282. The SMILES string of the molecule is O=C(NCCSCc1c(F)cccc1Cl)c1ccc2c(c1)[C@@H]1[C@H]3CC[C@@H](C3)[C@@H]1[C@H](c1ccccc1)N2. The Labute approximate surface area is 221 Å². The second-order valence-electron chi connectivity index (χ2n) is 10.3. The molecule has 0 saturated heterocycles. The van der Waals surface area contributed by atoms with Crippen LogP contribution in [0.3, 0.4) is 0 Å². The zero-order valence-electron chi connectivity index (χ0n) is 20.1. The van der Waals surface area contributed by atoms with E-state index in [4.69, 9.17) is 11.6 Å². The molecular weight excluding hydrogens is 491 g/mol. The average molecular weight is 521 g/mol. The topological polar surface area (TPSA) is 41.1 Å². The molecule has 0 unspecified atom stereocenters. The lowest BCUT2D eigenvalue weighted by Gasteiger charge is -2.43. The molecule has 0 radical (unpaired) electrons. The van der Waals surface area contributed by atoms with Crippen molar-refractivity contribution in [3.05, 3.63) is 99.8 Å². The molecule has 3 aromatic carbocycles. The van der Waals surface area contributed by atoms with E-state index >= 15 is 0 Å². The van der Waals surface area contributed by atoms with Crippen LogP contribution in [0.5, 0.6) is 0 Å². The quantitative estimate of drug-likeness (QED) is 0.318. The Bertz CT molecular complexity index is 1250. The molecule has 0 spiro atoms. The molecule has 186 valence electrons. The zero-order chi connectivity index (χ0) is 24.6. The van der Waals surface area contributed by atoms with Crippen molar-refractivity contribution in [2.24, 2.45) is 17.8 Å². The molecule has 2 bridgehead atoms. The van der Waals surface area contributed by atoms with Gasteiger partial charge in [0.05, 0.1) is 6.04 Å². The van der Waals surface area contributed by atoms with Crippen molar-refractivity contribution in [1.82, 2.24) is 5.32 Å². The maximum Gasteiger partial charge on any atom is 0.251 e. The van der Waals surface area contributed by atoms with E-state index in [0.717, 1.165) is 11.5 Å². The van der Waals surface area contributed by atoms with Gasteiger partial charge in [-0.1, -0.05) is 48.0 Å². The van der Waals surface area contributed by atoms with Gasteiger partial charge in [-0.25, -0.2) is 4.39 Å². The number of carbonyl (C=O) groups is 1. The van der Waals surface area contributed by atoms with Crippen molar-refractivity contribution in [1.29, 1.82) is 0 Å². The normalized spacial score (nSPS) is 25.7. The fourth-order valence-corrected chi connectivity index (χ4v) is 8.00. The van der Waals surface area contributed by atoms with Gasteiger partial charge in [-0.15, -0.1) is 0 Å². The van der Waals surface area contributed by atoms with E-state index < -0.39 is 0 Å². The molecule has 1 aliphatic heterocycles. The van der Waals surface area contributed by atoms with E-state index in [1.54, 1.807) is 23.9 Å². The molecular formula is C30H30ClFN2OS. The van der Waals surface area contributed by atoms with Gasteiger partial charge >= 0.3 is 0 Å². The fourth-order valence-electron chi connectivity index (χ4n) is 6.80. The van der Waals surface area contributed by atoms with E-state index in [1.807, 2.05) is 6.07 Å². The summed E-state index contributed by atoms with van der Waals surface area (Å²) in [6.07, 6.45) is 3.92. The van der Waals surface area contributed by atoms with Crippen molar-refractivity contribution < 1.29 is 9.18 Å². The van der Waals surface area contributed by atoms with Gasteiger partial charge in [0, 0.05) is 39.9 Å². The molecule has 5 atom stereocenters. The number of nitrogens with one attached hydrogen (secondary N) is 2. The van der Waals surface area contributed by atoms with Crippen LogP contribution in [0, 0.1) is 23.6 Å². The van der Waals surface area contributed by atoms with Crippen LogP contribution in [0.15, 0.2) is 66.7 Å². The van der Waals surface area contributed by atoms with Crippen LogP contribution in [-0.4, -0.2) is 18.2 Å². The van der Waals surface area contributed by atoms with Crippen LogP contribution in [-0.2, 0) is 5.75 Å². The summed E-state index contributed by atoms with van der Waals surface area (Å²) in [5, 5.41) is 7.33. The predicted molar refractivity (Wildman–Crippen MR) is 146 cm³/mol. The van der Waals surface area contributed by atoms with Gasteiger partial charge in [-0.2, -0.15) is 11.8 Å². The van der Waals surface area contributed by atoms with Crippen molar-refractivity contribution in [2.75, 3.05) is 17.6 Å². The lowest BCUT2D eigenvalue weighted by Crippen LogP contribution is -2.35. The Morgan fingerprint density at radius 2 is 1.89 bits per heavy atom. The number of amides is 1. The van der Waals surface area contributed by atoms with E-state index in [2.05, 4.69) is 53.1 Å². The summed E-state index contributed by atoms with van der Waals surface area (Å²) in [4.78, 5) is 13.0. The van der Waals surface area contributed by atoms with Gasteiger partial charge < -0.3 is 10.6 Å². The molecule has 1 heterocycles. The molecule has 0 aromatic heterocycles. The number of anilines is 1. The van der Waals surface area contributed by atoms with Crippen molar-refractivity contribution >= 4 is 35.0 Å². The maximum absolute atomic E-state index is 13.9. The Morgan fingerprint density at radius 1 is 1.06 bits per heavy atom. The largest absolute Gasteiger partial charge is 0.378 e. The lowest BCUT2D eigenvalue weighted by atomic mass is 9.68. The first-order valence-corrected chi connectivity index (χ1v) is 14.4. The smallest absolute Gasteiger partial charge is 0.251 e. The van der Waals surface area contributed by atoms with Crippen molar-refractivity contribution in [2.45, 2.75) is 37.0 Å². The summed E-state index contributed by atoms with van der Waals surface area (Å²) < 4.78 is 13.9. The highest BCUT2D eigenvalue weighted by atomic mass is 35.5. The van der Waals surface area contributed by atoms with Crippen LogP contribution in [0.1, 0.15) is 58.3 Å². The molecule has 3 aliphatic rings. The molecule has 3 nitrogen and oxygen atoms in total. The van der Waals surface area contributed by atoms with Crippen molar-refractivity contribution in [3.63, 3.8) is 0 Å². The summed E-state index contributed by atoms with van der Waals surface area (Å²) >= 11 is 7.67. The minimum Gasteiger partial charge on any atom is -0.378 e. The van der Waals surface area contributed by atoms with Crippen LogP contribution < -0.4 is 10.6 Å². The van der Waals surface area contributed by atoms with Gasteiger partial charge in [-0.3, -0.25) is 4.79 Å². The summed E-state index contributed by atoms with van der Waals surface area (Å²) in [5.41, 5.74) is 5.09.